The minimum absolute atomic E-state index is 0.689. The fraction of sp³-hybridized carbons (Fsp3) is 0.125. The Hall–Kier alpha value is -2.82. The van der Waals surface area contributed by atoms with Gasteiger partial charge in [-0.05, 0) is 35.0 Å². The van der Waals surface area contributed by atoms with Crippen molar-refractivity contribution < 1.29 is 0 Å². The molecule has 0 saturated carbocycles. The predicted octanol–water partition coefficient (Wildman–Crippen LogP) is 7.51. The highest BCUT2D eigenvalue weighted by Crippen LogP contribution is 2.29. The van der Waals surface area contributed by atoms with Crippen molar-refractivity contribution >= 4 is 44.4 Å². The molecule has 0 amide bonds. The maximum atomic E-state index is 6.05. The van der Waals surface area contributed by atoms with Gasteiger partial charge >= 0.3 is 0 Å². The largest absolute Gasteiger partial charge is 0.379 e. The summed E-state index contributed by atoms with van der Waals surface area (Å²) in [6.45, 7) is 4.69. The van der Waals surface area contributed by atoms with Crippen LogP contribution >= 0.6 is 22.9 Å². The van der Waals surface area contributed by atoms with Gasteiger partial charge in [0.25, 0.3) is 0 Å². The van der Waals surface area contributed by atoms with Gasteiger partial charge in [0.05, 0.1) is 17.9 Å². The molecule has 0 bridgehead atoms. The molecule has 0 aliphatic rings. The zero-order chi connectivity index (χ0) is 20.2. The third-order valence-electron chi connectivity index (χ3n) is 4.69. The van der Waals surface area contributed by atoms with E-state index in [1.807, 2.05) is 38.1 Å². The van der Waals surface area contributed by atoms with Gasteiger partial charge in [-0.2, -0.15) is 0 Å². The normalized spacial score (nSPS) is 10.7. The lowest BCUT2D eigenvalue weighted by Gasteiger charge is -2.09. The van der Waals surface area contributed by atoms with Gasteiger partial charge in [0.15, 0.2) is 4.96 Å². The molecular formula is C24H22ClN3S. The summed E-state index contributed by atoms with van der Waals surface area (Å²) in [5.74, 6) is 0. The molecule has 3 nitrogen and oxygen atoms in total. The van der Waals surface area contributed by atoms with Crippen molar-refractivity contribution in [1.82, 2.24) is 9.38 Å². The van der Waals surface area contributed by atoms with E-state index in [0.29, 0.717) is 6.54 Å². The van der Waals surface area contributed by atoms with Crippen molar-refractivity contribution in [3.8, 4) is 11.3 Å². The van der Waals surface area contributed by atoms with Crippen LogP contribution in [0, 0.1) is 0 Å². The molecule has 1 N–H and O–H groups in total. The zero-order valence-corrected chi connectivity index (χ0v) is 18.0. The molecule has 0 aliphatic carbocycles. The molecule has 2 heterocycles. The van der Waals surface area contributed by atoms with E-state index in [1.54, 1.807) is 11.3 Å². The van der Waals surface area contributed by atoms with Gasteiger partial charge in [-0.1, -0.05) is 67.9 Å². The first-order valence-electron chi connectivity index (χ1n) is 9.71. The van der Waals surface area contributed by atoms with Crippen LogP contribution in [0.15, 0.2) is 78.3 Å². The van der Waals surface area contributed by atoms with Crippen molar-refractivity contribution in [1.29, 1.82) is 0 Å². The molecule has 5 aromatic rings. The van der Waals surface area contributed by atoms with Gasteiger partial charge in [0.2, 0.25) is 0 Å². The highest BCUT2D eigenvalue weighted by atomic mass is 35.5. The lowest BCUT2D eigenvalue weighted by Crippen LogP contribution is -2.03. The monoisotopic (exact) mass is 419 g/mol. The van der Waals surface area contributed by atoms with E-state index in [-0.39, 0.29) is 0 Å². The van der Waals surface area contributed by atoms with Gasteiger partial charge in [-0.25, -0.2) is 4.98 Å². The molecule has 3 aromatic carbocycles. The number of rotatable bonds is 4. The van der Waals surface area contributed by atoms with E-state index in [2.05, 4.69) is 63.8 Å². The Bertz CT molecular complexity index is 1240. The number of thiazole rings is 1. The first-order chi connectivity index (χ1) is 14.3. The average Bonchev–Trinajstić information content (AvgIpc) is 3.36. The fourth-order valence-electron chi connectivity index (χ4n) is 3.33. The topological polar surface area (TPSA) is 29.3 Å². The Kier molecular flexibility index (Phi) is 5.84. The van der Waals surface area contributed by atoms with Gasteiger partial charge in [-0.15, -0.1) is 11.3 Å². The van der Waals surface area contributed by atoms with E-state index in [1.165, 1.54) is 10.8 Å². The zero-order valence-electron chi connectivity index (χ0n) is 16.4. The maximum absolute atomic E-state index is 6.05. The second-order valence-electron chi connectivity index (χ2n) is 6.39. The van der Waals surface area contributed by atoms with Crippen LogP contribution in [0.2, 0.25) is 5.02 Å². The third kappa shape index (κ3) is 4.00. The molecule has 0 fully saturated rings. The molecule has 5 heteroatoms. The van der Waals surface area contributed by atoms with Crippen LogP contribution in [0.25, 0.3) is 27.0 Å². The molecule has 0 radical (unpaired) electrons. The summed E-state index contributed by atoms with van der Waals surface area (Å²) < 4.78 is 2.16. The lowest BCUT2D eigenvalue weighted by atomic mass is 10.1. The van der Waals surface area contributed by atoms with Crippen LogP contribution in [0.4, 0.5) is 5.69 Å². The highest BCUT2D eigenvalue weighted by Gasteiger charge is 2.14. The molecule has 2 aromatic heterocycles. The van der Waals surface area contributed by atoms with Crippen molar-refractivity contribution in [2.45, 2.75) is 20.4 Å². The number of aromatic nitrogens is 2. The summed E-state index contributed by atoms with van der Waals surface area (Å²) in [7, 11) is 0. The van der Waals surface area contributed by atoms with Gasteiger partial charge in [-0.3, -0.25) is 4.40 Å². The number of halogens is 1. The van der Waals surface area contributed by atoms with Crippen molar-refractivity contribution in [2.24, 2.45) is 0 Å². The number of hydrogen-bond donors (Lipinski definition) is 1. The number of fused-ring (bicyclic) bond motifs is 2. The van der Waals surface area contributed by atoms with E-state index < -0.39 is 0 Å². The molecule has 0 saturated heterocycles. The minimum Gasteiger partial charge on any atom is -0.379 e. The van der Waals surface area contributed by atoms with Gasteiger partial charge < -0.3 is 5.32 Å². The molecule has 0 aliphatic heterocycles. The molecule has 29 heavy (non-hydrogen) atoms. The number of hydrogen-bond acceptors (Lipinski definition) is 3. The average molecular weight is 420 g/mol. The summed E-state index contributed by atoms with van der Waals surface area (Å²) in [6, 6.07) is 22.7. The molecular weight excluding hydrogens is 398 g/mol. The van der Waals surface area contributed by atoms with Crippen molar-refractivity contribution in [2.75, 3.05) is 5.32 Å². The Morgan fingerprint density at radius 2 is 1.72 bits per heavy atom. The highest BCUT2D eigenvalue weighted by molar-refractivity contribution is 7.15. The predicted molar refractivity (Wildman–Crippen MR) is 126 cm³/mol. The molecule has 0 atom stereocenters. The summed E-state index contributed by atoms with van der Waals surface area (Å²) in [5, 5.41) is 8.83. The Labute approximate surface area is 179 Å². The number of nitrogens with zero attached hydrogens (tertiary/aromatic N) is 2. The lowest BCUT2D eigenvalue weighted by molar-refractivity contribution is 1.02. The number of imidazole rings is 1. The standard InChI is InChI=1S/C22H16ClN3S.C2H6/c23-18-8-5-16(6-9-18)21-20(26-11-12-27-22(26)25-21)14-24-19-10-7-15-3-1-2-4-17(15)13-19;1-2/h1-13,24H,14H2;1-2H3. The third-order valence-corrected chi connectivity index (χ3v) is 5.70. The van der Waals surface area contributed by atoms with Crippen molar-refractivity contribution in [3.05, 3.63) is 89.0 Å². The molecule has 0 spiro atoms. The van der Waals surface area contributed by atoms with E-state index in [0.717, 1.165) is 32.6 Å². The second-order valence-corrected chi connectivity index (χ2v) is 7.69. The van der Waals surface area contributed by atoms with Crippen LogP contribution in [0.3, 0.4) is 0 Å². The first-order valence-corrected chi connectivity index (χ1v) is 11.0. The summed E-state index contributed by atoms with van der Waals surface area (Å²) in [5.41, 5.74) is 4.31. The van der Waals surface area contributed by atoms with Crippen molar-refractivity contribution in [3.63, 3.8) is 0 Å². The second kappa shape index (κ2) is 8.68. The van der Waals surface area contributed by atoms with Crippen LogP contribution in [0.5, 0.6) is 0 Å². The summed E-state index contributed by atoms with van der Waals surface area (Å²) in [4.78, 5) is 5.83. The fourth-order valence-corrected chi connectivity index (χ4v) is 4.18. The van der Waals surface area contributed by atoms with E-state index in [4.69, 9.17) is 16.6 Å². The number of nitrogens with one attached hydrogen (secondary N) is 1. The number of anilines is 1. The van der Waals surface area contributed by atoms with Crippen LogP contribution in [-0.2, 0) is 6.54 Å². The number of benzene rings is 3. The molecule has 146 valence electrons. The molecule has 0 unspecified atom stereocenters. The van der Waals surface area contributed by atoms with E-state index in [9.17, 15) is 0 Å². The maximum Gasteiger partial charge on any atom is 0.194 e. The Morgan fingerprint density at radius 3 is 2.52 bits per heavy atom. The Morgan fingerprint density at radius 1 is 0.966 bits per heavy atom. The summed E-state index contributed by atoms with van der Waals surface area (Å²) >= 11 is 7.69. The van der Waals surface area contributed by atoms with Gasteiger partial charge in [0.1, 0.15) is 0 Å². The van der Waals surface area contributed by atoms with Crippen LogP contribution in [-0.4, -0.2) is 9.38 Å². The van der Waals surface area contributed by atoms with Gasteiger partial charge in [0, 0.05) is 27.9 Å². The Balaban J connectivity index is 0.000000994. The molecule has 5 rings (SSSR count). The SMILES string of the molecule is CC.Clc1ccc(-c2nc3sccn3c2CNc2ccc3ccccc3c2)cc1. The van der Waals surface area contributed by atoms with Crippen LogP contribution < -0.4 is 5.32 Å². The smallest absolute Gasteiger partial charge is 0.194 e. The van der Waals surface area contributed by atoms with Crippen LogP contribution in [0.1, 0.15) is 19.5 Å². The van der Waals surface area contributed by atoms with E-state index >= 15 is 0 Å². The minimum atomic E-state index is 0.689. The quantitative estimate of drug-likeness (QED) is 0.326. The summed E-state index contributed by atoms with van der Waals surface area (Å²) in [6.07, 6.45) is 2.07. The first kappa shape index (κ1) is 19.5.